The maximum atomic E-state index is 6.57. The molecule has 0 radical (unpaired) electrons. The van der Waals surface area contributed by atoms with Gasteiger partial charge in [0.15, 0.2) is 0 Å². The number of aromatic nitrogens is 4. The Morgan fingerprint density at radius 2 is 1.10 bits per heavy atom. The Labute approximate surface area is 234 Å². The summed E-state index contributed by atoms with van der Waals surface area (Å²) >= 11 is 0. The van der Waals surface area contributed by atoms with E-state index >= 15 is 0 Å². The van der Waals surface area contributed by atoms with Gasteiger partial charge < -0.3 is 4.74 Å². The molecule has 0 saturated carbocycles. The molecule has 0 aliphatic rings. The minimum absolute atomic E-state index is 0.675. The summed E-state index contributed by atoms with van der Waals surface area (Å²) in [5, 5.41) is 10.7. The Balaban J connectivity index is 1.91. The van der Waals surface area contributed by atoms with Crippen LogP contribution in [0.1, 0.15) is 126 Å². The van der Waals surface area contributed by atoms with Crippen LogP contribution in [0.5, 0.6) is 5.75 Å². The van der Waals surface area contributed by atoms with Gasteiger partial charge >= 0.3 is 0 Å². The van der Waals surface area contributed by atoms with Crippen molar-refractivity contribution in [3.63, 3.8) is 0 Å². The quantitative estimate of drug-likeness (QED) is 0.106. The van der Waals surface area contributed by atoms with Crippen LogP contribution in [0.4, 0.5) is 0 Å². The zero-order valence-corrected chi connectivity index (χ0v) is 25.2. The van der Waals surface area contributed by atoms with Crippen molar-refractivity contribution in [2.75, 3.05) is 6.61 Å². The van der Waals surface area contributed by atoms with Crippen molar-refractivity contribution in [1.82, 2.24) is 20.3 Å². The average molecular weight is 533 g/mol. The van der Waals surface area contributed by atoms with E-state index in [4.69, 9.17) is 19.3 Å². The molecule has 0 bridgehead atoms. The van der Waals surface area contributed by atoms with Gasteiger partial charge in [-0.3, -0.25) is 0 Å². The summed E-state index contributed by atoms with van der Waals surface area (Å²) < 4.78 is 11.8. The van der Waals surface area contributed by atoms with Crippen molar-refractivity contribution in [1.29, 1.82) is 0 Å². The number of unbranched alkanes of at least 4 members (excludes halogenated alkanes) is 9. The molecule has 212 valence electrons. The van der Waals surface area contributed by atoms with E-state index < -0.39 is 0 Å². The Morgan fingerprint density at radius 1 is 0.538 bits per heavy atom. The molecule has 39 heavy (non-hydrogen) atoms. The fraction of sp³-hybridized carbons (Fsp3) is 0.636. The van der Waals surface area contributed by atoms with Crippen molar-refractivity contribution in [3.05, 3.63) is 28.1 Å². The van der Waals surface area contributed by atoms with Gasteiger partial charge in [-0.25, -0.2) is 14.6 Å². The fourth-order valence-electron chi connectivity index (χ4n) is 5.74. The number of hydrogen-bond donors (Lipinski definition) is 0. The van der Waals surface area contributed by atoms with E-state index in [-0.39, 0.29) is 0 Å². The van der Waals surface area contributed by atoms with Gasteiger partial charge in [0.25, 0.3) is 0 Å². The second kappa shape index (κ2) is 14.0. The lowest BCUT2D eigenvalue weighted by molar-refractivity contribution is 0.306. The zero-order chi connectivity index (χ0) is 27.8. The van der Waals surface area contributed by atoms with Crippen LogP contribution in [0.25, 0.3) is 32.8 Å². The molecule has 0 saturated heterocycles. The highest BCUT2D eigenvalue weighted by atomic mass is 16.6. The van der Waals surface area contributed by atoms with Gasteiger partial charge in [0.05, 0.1) is 28.9 Å². The molecule has 0 aliphatic heterocycles. The lowest BCUT2D eigenvalue weighted by Crippen LogP contribution is -2.07. The number of ether oxygens (including phenoxy) is 1. The first kappa shape index (κ1) is 29.2. The molecule has 0 fully saturated rings. The average Bonchev–Trinajstić information content (AvgIpc) is 3.43. The maximum Gasteiger partial charge on any atom is 0.143 e. The summed E-state index contributed by atoms with van der Waals surface area (Å²) in [6.45, 7) is 13.8. The summed E-state index contributed by atoms with van der Waals surface area (Å²) in [6, 6.07) is 0. The number of aryl methyl sites for hydroxylation is 5. The van der Waals surface area contributed by atoms with Gasteiger partial charge in [-0.05, 0) is 74.3 Å². The topological polar surface area (TPSA) is 73.9 Å². The van der Waals surface area contributed by atoms with Crippen LogP contribution in [0.2, 0.25) is 0 Å². The molecular weight excluding hydrogens is 484 g/mol. The first-order valence-corrected chi connectivity index (χ1v) is 15.5. The number of rotatable bonds is 16. The minimum atomic E-state index is 0.675. The van der Waals surface area contributed by atoms with E-state index in [1.165, 1.54) is 63.5 Å². The number of hydrogen-bond acceptors (Lipinski definition) is 6. The maximum absolute atomic E-state index is 6.57. The van der Waals surface area contributed by atoms with Crippen LogP contribution in [0.3, 0.4) is 0 Å². The predicted octanol–water partition coefficient (Wildman–Crippen LogP) is 9.45. The van der Waals surface area contributed by atoms with E-state index in [1.807, 2.05) is 0 Å². The molecule has 0 unspecified atom stereocenters. The first-order chi connectivity index (χ1) is 19.0. The highest BCUT2D eigenvalue weighted by Gasteiger charge is 2.24. The minimum Gasteiger partial charge on any atom is -0.492 e. The summed E-state index contributed by atoms with van der Waals surface area (Å²) in [6.07, 6.45) is 16.4. The molecule has 0 amide bonds. The third-order valence-corrected chi connectivity index (χ3v) is 8.26. The van der Waals surface area contributed by atoms with Crippen molar-refractivity contribution >= 4 is 32.8 Å². The second-order valence-electron chi connectivity index (χ2n) is 11.3. The third-order valence-electron chi connectivity index (χ3n) is 8.26. The summed E-state index contributed by atoms with van der Waals surface area (Å²) in [5.74, 6) is 0.861. The summed E-state index contributed by atoms with van der Waals surface area (Å²) in [4.78, 5) is 10.8. The molecule has 4 rings (SSSR count). The van der Waals surface area contributed by atoms with Gasteiger partial charge in [-0.1, -0.05) is 78.6 Å². The summed E-state index contributed by atoms with van der Waals surface area (Å²) in [7, 11) is 0. The standard InChI is InChI=1S/C33H48N4O2/c1-7-10-13-16-19-25-26(20-17-14-11-8-2)35-31-28-27(22(4)23(5)29(31)34-25)32-30(36-39-37-32)24(6)33(28)38-21-18-15-12-9-3/h7-21H2,1-6H3. The van der Waals surface area contributed by atoms with Gasteiger partial charge in [0, 0.05) is 10.9 Å². The van der Waals surface area contributed by atoms with Crippen LogP contribution < -0.4 is 4.74 Å². The van der Waals surface area contributed by atoms with Crippen LogP contribution in [0, 0.1) is 20.8 Å². The number of nitrogens with zero attached hydrogens (tertiary/aromatic N) is 4. The summed E-state index contributed by atoms with van der Waals surface area (Å²) in [5.41, 5.74) is 9.10. The number of fused-ring (bicyclic) bond motifs is 5. The molecule has 0 spiro atoms. The van der Waals surface area contributed by atoms with Crippen LogP contribution in [0.15, 0.2) is 4.63 Å². The molecular formula is C33H48N4O2. The molecule has 4 aromatic rings. The van der Waals surface area contributed by atoms with E-state index in [1.54, 1.807) is 0 Å². The molecule has 2 aromatic carbocycles. The molecule has 0 atom stereocenters. The SMILES string of the molecule is CCCCCCOc1c(C)c2nonc2c2c(C)c(C)c3nc(CCCCCC)c(CCCCCC)nc3c12. The monoisotopic (exact) mass is 532 g/mol. The van der Waals surface area contributed by atoms with Crippen molar-refractivity contribution in [2.45, 2.75) is 131 Å². The Bertz CT molecular complexity index is 1390. The highest BCUT2D eigenvalue weighted by Crippen LogP contribution is 2.43. The van der Waals surface area contributed by atoms with Crippen molar-refractivity contribution in [3.8, 4) is 5.75 Å². The van der Waals surface area contributed by atoms with Crippen LogP contribution >= 0.6 is 0 Å². The van der Waals surface area contributed by atoms with Gasteiger partial charge in [0.2, 0.25) is 0 Å². The van der Waals surface area contributed by atoms with E-state index in [0.717, 1.165) is 93.1 Å². The fourth-order valence-corrected chi connectivity index (χ4v) is 5.74. The molecule has 2 heterocycles. The molecule has 6 heteroatoms. The molecule has 6 nitrogen and oxygen atoms in total. The molecule has 0 N–H and O–H groups in total. The van der Waals surface area contributed by atoms with Gasteiger partial charge in [0.1, 0.15) is 22.3 Å². The molecule has 0 aliphatic carbocycles. The lowest BCUT2D eigenvalue weighted by atomic mass is 9.93. The highest BCUT2D eigenvalue weighted by molar-refractivity contribution is 6.20. The van der Waals surface area contributed by atoms with Gasteiger partial charge in [-0.2, -0.15) is 0 Å². The van der Waals surface area contributed by atoms with Gasteiger partial charge in [-0.15, -0.1) is 0 Å². The predicted molar refractivity (Wildman–Crippen MR) is 162 cm³/mol. The van der Waals surface area contributed by atoms with Crippen LogP contribution in [-0.4, -0.2) is 26.9 Å². The largest absolute Gasteiger partial charge is 0.492 e. The Kier molecular flexibility index (Phi) is 10.5. The van der Waals surface area contributed by atoms with E-state index in [2.05, 4.69) is 51.9 Å². The lowest BCUT2D eigenvalue weighted by Gasteiger charge is -2.19. The van der Waals surface area contributed by atoms with Crippen LogP contribution in [-0.2, 0) is 12.8 Å². The Morgan fingerprint density at radius 3 is 1.72 bits per heavy atom. The van der Waals surface area contributed by atoms with E-state index in [9.17, 15) is 0 Å². The smallest absolute Gasteiger partial charge is 0.143 e. The zero-order valence-electron chi connectivity index (χ0n) is 25.2. The van der Waals surface area contributed by atoms with E-state index in [0.29, 0.717) is 6.61 Å². The Hall–Kier alpha value is -2.76. The number of benzene rings is 2. The third kappa shape index (κ3) is 6.36. The van der Waals surface area contributed by atoms with Crippen molar-refractivity contribution in [2.24, 2.45) is 0 Å². The van der Waals surface area contributed by atoms with Crippen molar-refractivity contribution < 1.29 is 9.37 Å². The molecule has 2 aromatic heterocycles. The second-order valence-corrected chi connectivity index (χ2v) is 11.3. The first-order valence-electron chi connectivity index (χ1n) is 15.5. The normalized spacial score (nSPS) is 11.8.